The second kappa shape index (κ2) is 6.69. The van der Waals surface area contributed by atoms with E-state index in [4.69, 9.17) is 0 Å². The lowest BCUT2D eigenvalue weighted by Gasteiger charge is -2.31. The first-order valence-electron chi connectivity index (χ1n) is 6.75. The fourth-order valence-electron chi connectivity index (χ4n) is 2.65. The summed E-state index contributed by atoms with van der Waals surface area (Å²) in [5, 5.41) is 0. The maximum atomic E-state index is 3.48. The van der Waals surface area contributed by atoms with E-state index < -0.39 is 0 Å². The van der Waals surface area contributed by atoms with Crippen LogP contribution >= 0.6 is 15.9 Å². The number of piperidine rings is 1. The number of nitrogens with zero attached hydrogens (tertiary/aromatic N) is 2. The van der Waals surface area contributed by atoms with Crippen molar-refractivity contribution in [3.05, 3.63) is 34.3 Å². The molecule has 1 aromatic carbocycles. The summed E-state index contributed by atoms with van der Waals surface area (Å²) in [7, 11) is 4.46. The number of rotatable bonds is 4. The van der Waals surface area contributed by atoms with E-state index in [0.717, 1.165) is 16.9 Å². The van der Waals surface area contributed by atoms with Crippen LogP contribution in [0, 0.1) is 5.92 Å². The van der Waals surface area contributed by atoms with E-state index in [2.05, 4.69) is 64.1 Å². The number of benzene rings is 1. The monoisotopic (exact) mass is 310 g/mol. The zero-order chi connectivity index (χ0) is 13.0. The summed E-state index contributed by atoms with van der Waals surface area (Å²) in [6, 6.07) is 8.65. The van der Waals surface area contributed by atoms with Crippen LogP contribution in [0.2, 0.25) is 0 Å². The Labute approximate surface area is 119 Å². The van der Waals surface area contributed by atoms with Crippen molar-refractivity contribution >= 4 is 15.9 Å². The van der Waals surface area contributed by atoms with Gasteiger partial charge in [0, 0.05) is 17.6 Å². The number of likely N-dealkylation sites (tertiary alicyclic amines) is 1. The summed E-state index contributed by atoms with van der Waals surface area (Å²) in [5.74, 6) is 0.877. The van der Waals surface area contributed by atoms with Crippen LogP contribution in [0.1, 0.15) is 18.4 Å². The van der Waals surface area contributed by atoms with Gasteiger partial charge in [0.2, 0.25) is 0 Å². The highest BCUT2D eigenvalue weighted by Crippen LogP contribution is 2.18. The Morgan fingerprint density at radius 3 is 2.44 bits per heavy atom. The molecule has 100 valence electrons. The first kappa shape index (κ1) is 14.0. The highest BCUT2D eigenvalue weighted by atomic mass is 79.9. The molecule has 1 aromatic rings. The lowest BCUT2D eigenvalue weighted by Crippen LogP contribution is -2.35. The molecule has 2 rings (SSSR count). The second-order valence-electron chi connectivity index (χ2n) is 5.57. The zero-order valence-electron chi connectivity index (χ0n) is 11.4. The van der Waals surface area contributed by atoms with Crippen molar-refractivity contribution in [1.29, 1.82) is 0 Å². The average molecular weight is 311 g/mol. The van der Waals surface area contributed by atoms with Crippen molar-refractivity contribution in [2.75, 3.05) is 33.7 Å². The Kier molecular flexibility index (Phi) is 5.22. The Bertz CT molecular complexity index is 355. The van der Waals surface area contributed by atoms with Crippen LogP contribution < -0.4 is 0 Å². The maximum Gasteiger partial charge on any atom is 0.0230 e. The van der Waals surface area contributed by atoms with Gasteiger partial charge in [0.1, 0.15) is 0 Å². The van der Waals surface area contributed by atoms with Crippen molar-refractivity contribution in [2.45, 2.75) is 19.4 Å². The highest BCUT2D eigenvalue weighted by Gasteiger charge is 2.17. The lowest BCUT2D eigenvalue weighted by molar-refractivity contribution is 0.173. The molecule has 0 N–H and O–H groups in total. The zero-order valence-corrected chi connectivity index (χ0v) is 13.0. The van der Waals surface area contributed by atoms with Gasteiger partial charge in [0.05, 0.1) is 0 Å². The third kappa shape index (κ3) is 4.38. The summed E-state index contributed by atoms with van der Waals surface area (Å²) in [6.07, 6.45) is 2.70. The van der Waals surface area contributed by atoms with Gasteiger partial charge >= 0.3 is 0 Å². The minimum Gasteiger partial charge on any atom is -0.306 e. The van der Waals surface area contributed by atoms with Crippen LogP contribution in [0.15, 0.2) is 28.7 Å². The third-order valence-electron chi connectivity index (χ3n) is 3.77. The van der Waals surface area contributed by atoms with Gasteiger partial charge in [-0.15, -0.1) is 0 Å². The molecule has 1 fully saturated rings. The van der Waals surface area contributed by atoms with E-state index in [1.165, 1.54) is 38.0 Å². The van der Waals surface area contributed by atoms with Crippen LogP contribution in [-0.2, 0) is 6.54 Å². The third-order valence-corrected chi connectivity index (χ3v) is 4.30. The quantitative estimate of drug-likeness (QED) is 0.842. The summed E-state index contributed by atoms with van der Waals surface area (Å²) in [6.45, 7) is 4.80. The van der Waals surface area contributed by atoms with E-state index in [9.17, 15) is 0 Å². The highest BCUT2D eigenvalue weighted by molar-refractivity contribution is 9.10. The van der Waals surface area contributed by atoms with Crippen LogP contribution in [0.4, 0.5) is 0 Å². The van der Waals surface area contributed by atoms with Crippen molar-refractivity contribution in [3.8, 4) is 0 Å². The van der Waals surface area contributed by atoms with Gasteiger partial charge in [0.25, 0.3) is 0 Å². The SMILES string of the molecule is CN1CCC(CN(C)Cc2ccc(Br)cc2)CC1. The van der Waals surface area contributed by atoms with Crippen molar-refractivity contribution in [1.82, 2.24) is 9.80 Å². The molecule has 1 aliphatic heterocycles. The predicted octanol–water partition coefficient (Wildman–Crippen LogP) is 3.22. The molecule has 0 bridgehead atoms. The molecule has 2 nitrogen and oxygen atoms in total. The van der Waals surface area contributed by atoms with Crippen LogP contribution in [0.3, 0.4) is 0 Å². The van der Waals surface area contributed by atoms with E-state index in [1.54, 1.807) is 0 Å². The topological polar surface area (TPSA) is 6.48 Å². The number of hydrogen-bond donors (Lipinski definition) is 0. The lowest BCUT2D eigenvalue weighted by atomic mass is 9.96. The Hall–Kier alpha value is -0.380. The molecule has 0 aromatic heterocycles. The van der Waals surface area contributed by atoms with Gasteiger partial charge in [0.15, 0.2) is 0 Å². The molecule has 1 aliphatic rings. The van der Waals surface area contributed by atoms with E-state index in [0.29, 0.717) is 0 Å². The smallest absolute Gasteiger partial charge is 0.0230 e. The molecule has 1 heterocycles. The summed E-state index contributed by atoms with van der Waals surface area (Å²) >= 11 is 3.48. The summed E-state index contributed by atoms with van der Waals surface area (Å²) in [5.41, 5.74) is 1.40. The molecule has 1 saturated heterocycles. The Morgan fingerprint density at radius 2 is 1.83 bits per heavy atom. The molecular weight excluding hydrogens is 288 g/mol. The van der Waals surface area contributed by atoms with Crippen molar-refractivity contribution in [2.24, 2.45) is 5.92 Å². The molecule has 3 heteroatoms. The van der Waals surface area contributed by atoms with E-state index in [-0.39, 0.29) is 0 Å². The minimum atomic E-state index is 0.877. The van der Waals surface area contributed by atoms with Crippen molar-refractivity contribution in [3.63, 3.8) is 0 Å². The van der Waals surface area contributed by atoms with Gasteiger partial charge in [-0.05, 0) is 63.6 Å². The van der Waals surface area contributed by atoms with Gasteiger partial charge in [-0.2, -0.15) is 0 Å². The number of halogens is 1. The molecular formula is C15H23BrN2. The first-order valence-corrected chi connectivity index (χ1v) is 7.54. The predicted molar refractivity (Wildman–Crippen MR) is 80.7 cm³/mol. The molecule has 0 unspecified atom stereocenters. The standard InChI is InChI=1S/C15H23BrN2/c1-17-9-7-14(8-10-17)12-18(2)11-13-3-5-15(16)6-4-13/h3-6,14H,7-12H2,1-2H3. The second-order valence-corrected chi connectivity index (χ2v) is 6.49. The van der Waals surface area contributed by atoms with Gasteiger partial charge in [-0.1, -0.05) is 28.1 Å². The fraction of sp³-hybridized carbons (Fsp3) is 0.600. The largest absolute Gasteiger partial charge is 0.306 e. The molecule has 0 saturated carbocycles. The van der Waals surface area contributed by atoms with Gasteiger partial charge in [-0.3, -0.25) is 0 Å². The van der Waals surface area contributed by atoms with E-state index >= 15 is 0 Å². The molecule has 0 amide bonds. The molecule has 0 radical (unpaired) electrons. The van der Waals surface area contributed by atoms with Crippen LogP contribution in [0.25, 0.3) is 0 Å². The van der Waals surface area contributed by atoms with Crippen molar-refractivity contribution < 1.29 is 0 Å². The molecule has 0 aliphatic carbocycles. The van der Waals surface area contributed by atoms with E-state index in [1.807, 2.05) is 0 Å². The fourth-order valence-corrected chi connectivity index (χ4v) is 2.92. The number of hydrogen-bond acceptors (Lipinski definition) is 2. The molecule has 0 atom stereocenters. The molecule has 0 spiro atoms. The normalized spacial score (nSPS) is 18.4. The maximum absolute atomic E-state index is 3.48. The minimum absolute atomic E-state index is 0.877. The van der Waals surface area contributed by atoms with Gasteiger partial charge < -0.3 is 9.80 Å². The van der Waals surface area contributed by atoms with Crippen LogP contribution in [0.5, 0.6) is 0 Å². The summed E-state index contributed by atoms with van der Waals surface area (Å²) in [4.78, 5) is 4.89. The average Bonchev–Trinajstić information content (AvgIpc) is 2.35. The van der Waals surface area contributed by atoms with Gasteiger partial charge in [-0.25, -0.2) is 0 Å². The Morgan fingerprint density at radius 1 is 1.22 bits per heavy atom. The molecule has 18 heavy (non-hydrogen) atoms. The Balaban J connectivity index is 1.78. The van der Waals surface area contributed by atoms with Crippen LogP contribution in [-0.4, -0.2) is 43.5 Å². The first-order chi connectivity index (χ1) is 8.63. The summed E-state index contributed by atoms with van der Waals surface area (Å²) < 4.78 is 1.16.